The topological polar surface area (TPSA) is 34.1 Å². The molecule has 2 heteroatoms. The molecular formula is C20H34O2. The number of rotatable bonds is 11. The maximum Gasteiger partial charge on any atom is 0.142 e. The summed E-state index contributed by atoms with van der Waals surface area (Å²) >= 11 is 0. The van der Waals surface area contributed by atoms with Crippen molar-refractivity contribution in [3.8, 4) is 0 Å². The van der Waals surface area contributed by atoms with Crippen LogP contribution in [0.1, 0.15) is 79.1 Å². The van der Waals surface area contributed by atoms with Crippen LogP contribution in [0.2, 0.25) is 0 Å². The molecule has 0 aliphatic heterocycles. The van der Waals surface area contributed by atoms with Crippen molar-refractivity contribution in [3.05, 3.63) is 35.5 Å². The minimum Gasteiger partial charge on any atom is -0.303 e. The van der Waals surface area contributed by atoms with E-state index in [0.717, 1.165) is 50.2 Å². The van der Waals surface area contributed by atoms with Gasteiger partial charge >= 0.3 is 0 Å². The van der Waals surface area contributed by atoms with E-state index in [1.165, 1.54) is 24.8 Å². The predicted molar refractivity (Wildman–Crippen MR) is 97.1 cm³/mol. The molecule has 0 N–H and O–H groups in total. The van der Waals surface area contributed by atoms with Crippen molar-refractivity contribution in [1.82, 2.24) is 0 Å². The number of hydrogen-bond acceptors (Lipinski definition) is 2. The molecule has 0 rings (SSSR count). The fourth-order valence-electron chi connectivity index (χ4n) is 1.74. The number of carbonyl (C=O) groups is 2. The van der Waals surface area contributed by atoms with Gasteiger partial charge in [-0.05, 0) is 65.4 Å². The van der Waals surface area contributed by atoms with Gasteiger partial charge in [0.15, 0.2) is 0 Å². The Bertz CT molecular complexity index is 345. The molecule has 0 aliphatic rings. The molecule has 0 saturated carbocycles. The number of allylic oxidation sites excluding steroid dienone is 6. The highest BCUT2D eigenvalue weighted by molar-refractivity contribution is 5.65. The SMILES string of the molecule is CC(C)=CCCC(C)=CC=O.CC/C=C\CCCCCC=O. The summed E-state index contributed by atoms with van der Waals surface area (Å²) in [5.41, 5.74) is 2.49. The summed E-state index contributed by atoms with van der Waals surface area (Å²) < 4.78 is 0. The first-order valence-corrected chi connectivity index (χ1v) is 8.41. The van der Waals surface area contributed by atoms with Crippen molar-refractivity contribution < 1.29 is 9.59 Å². The zero-order valence-corrected chi connectivity index (χ0v) is 14.9. The van der Waals surface area contributed by atoms with E-state index in [-0.39, 0.29) is 0 Å². The molecule has 0 aromatic rings. The second-order valence-electron chi connectivity index (χ2n) is 5.65. The van der Waals surface area contributed by atoms with Crippen molar-refractivity contribution in [2.24, 2.45) is 0 Å². The molecule has 22 heavy (non-hydrogen) atoms. The van der Waals surface area contributed by atoms with Crippen LogP contribution >= 0.6 is 0 Å². The summed E-state index contributed by atoms with van der Waals surface area (Å²) in [7, 11) is 0. The molecule has 0 unspecified atom stereocenters. The van der Waals surface area contributed by atoms with E-state index in [1.54, 1.807) is 6.08 Å². The van der Waals surface area contributed by atoms with Crippen molar-refractivity contribution >= 4 is 12.6 Å². The van der Waals surface area contributed by atoms with E-state index >= 15 is 0 Å². The summed E-state index contributed by atoms with van der Waals surface area (Å²) in [6, 6.07) is 0. The fourth-order valence-corrected chi connectivity index (χ4v) is 1.74. The van der Waals surface area contributed by atoms with E-state index in [9.17, 15) is 9.59 Å². The van der Waals surface area contributed by atoms with Crippen molar-refractivity contribution in [2.75, 3.05) is 0 Å². The van der Waals surface area contributed by atoms with Crippen LogP contribution in [0.3, 0.4) is 0 Å². The average Bonchev–Trinajstić information content (AvgIpc) is 2.47. The van der Waals surface area contributed by atoms with Gasteiger partial charge in [-0.15, -0.1) is 0 Å². The minimum atomic E-state index is 0.734. The Labute approximate surface area is 137 Å². The molecule has 126 valence electrons. The Kier molecular flexibility index (Phi) is 20.3. The van der Waals surface area contributed by atoms with Crippen LogP contribution in [0.5, 0.6) is 0 Å². The van der Waals surface area contributed by atoms with Crippen LogP contribution in [0.4, 0.5) is 0 Å². The van der Waals surface area contributed by atoms with E-state index in [0.29, 0.717) is 0 Å². The van der Waals surface area contributed by atoms with Crippen LogP contribution in [-0.4, -0.2) is 12.6 Å². The third-order valence-corrected chi connectivity index (χ3v) is 3.04. The lowest BCUT2D eigenvalue weighted by Gasteiger charge is -1.94. The maximum absolute atomic E-state index is 10.0. The Hall–Kier alpha value is -1.44. The van der Waals surface area contributed by atoms with Crippen LogP contribution in [0, 0.1) is 0 Å². The Morgan fingerprint density at radius 3 is 2.09 bits per heavy atom. The normalized spacial score (nSPS) is 10.8. The van der Waals surface area contributed by atoms with Gasteiger partial charge in [0.25, 0.3) is 0 Å². The summed E-state index contributed by atoms with van der Waals surface area (Å²) in [6.45, 7) is 8.29. The molecule has 0 aliphatic carbocycles. The van der Waals surface area contributed by atoms with E-state index in [2.05, 4.69) is 39.0 Å². The quantitative estimate of drug-likeness (QED) is 0.204. The summed E-state index contributed by atoms with van der Waals surface area (Å²) in [5.74, 6) is 0. The molecule has 2 nitrogen and oxygen atoms in total. The molecule has 0 radical (unpaired) electrons. The fraction of sp³-hybridized carbons (Fsp3) is 0.600. The second-order valence-corrected chi connectivity index (χ2v) is 5.65. The average molecular weight is 306 g/mol. The van der Waals surface area contributed by atoms with Crippen molar-refractivity contribution in [2.45, 2.75) is 79.1 Å². The summed E-state index contributed by atoms with van der Waals surface area (Å²) in [5, 5.41) is 0. The molecule has 0 spiro atoms. The van der Waals surface area contributed by atoms with Crippen LogP contribution in [0.15, 0.2) is 35.5 Å². The summed E-state index contributed by atoms with van der Waals surface area (Å²) in [6.07, 6.45) is 18.6. The molecule has 0 amide bonds. The third kappa shape index (κ3) is 23.6. The molecular weight excluding hydrogens is 272 g/mol. The maximum atomic E-state index is 10.0. The summed E-state index contributed by atoms with van der Waals surface area (Å²) in [4.78, 5) is 19.9. The highest BCUT2D eigenvalue weighted by Gasteiger charge is 1.87. The monoisotopic (exact) mass is 306 g/mol. The second kappa shape index (κ2) is 19.6. The molecule has 0 saturated heterocycles. The number of aldehydes is 2. The Morgan fingerprint density at radius 1 is 0.864 bits per heavy atom. The van der Waals surface area contributed by atoms with Crippen LogP contribution < -0.4 is 0 Å². The first-order chi connectivity index (χ1) is 10.6. The minimum absolute atomic E-state index is 0.734. The standard InChI is InChI=1S/C10H16O.C10H18O/c1-9(2)5-4-6-10(3)7-8-11;1-2-3-4-5-6-7-8-9-10-11/h5,7-8H,4,6H2,1-3H3;3-4,10H,2,5-9H2,1H3/b;4-3-. The molecule has 0 bridgehead atoms. The molecule has 0 aromatic carbocycles. The lowest BCUT2D eigenvalue weighted by atomic mass is 10.1. The largest absolute Gasteiger partial charge is 0.303 e. The van der Waals surface area contributed by atoms with Gasteiger partial charge in [0.2, 0.25) is 0 Å². The van der Waals surface area contributed by atoms with Gasteiger partial charge in [0.05, 0.1) is 0 Å². The molecule has 0 fully saturated rings. The smallest absolute Gasteiger partial charge is 0.142 e. The van der Waals surface area contributed by atoms with Gasteiger partial charge in [-0.1, -0.05) is 42.7 Å². The van der Waals surface area contributed by atoms with Crippen molar-refractivity contribution in [1.29, 1.82) is 0 Å². The molecule has 0 atom stereocenters. The van der Waals surface area contributed by atoms with Gasteiger partial charge < -0.3 is 4.79 Å². The predicted octanol–water partition coefficient (Wildman–Crippen LogP) is 5.98. The van der Waals surface area contributed by atoms with Gasteiger partial charge in [-0.3, -0.25) is 4.79 Å². The van der Waals surface area contributed by atoms with Gasteiger partial charge in [0, 0.05) is 6.42 Å². The van der Waals surface area contributed by atoms with Crippen LogP contribution in [0.25, 0.3) is 0 Å². The lowest BCUT2D eigenvalue weighted by Crippen LogP contribution is -1.77. The number of carbonyl (C=O) groups excluding carboxylic acids is 2. The van der Waals surface area contributed by atoms with Gasteiger partial charge in [-0.2, -0.15) is 0 Å². The zero-order valence-electron chi connectivity index (χ0n) is 14.9. The number of unbranched alkanes of at least 4 members (excludes halogenated alkanes) is 4. The molecule has 0 heterocycles. The Morgan fingerprint density at radius 2 is 1.55 bits per heavy atom. The van der Waals surface area contributed by atoms with E-state index in [4.69, 9.17) is 0 Å². The third-order valence-electron chi connectivity index (χ3n) is 3.04. The first kappa shape index (κ1) is 22.8. The molecule has 0 aromatic heterocycles. The van der Waals surface area contributed by atoms with E-state index in [1.807, 2.05) is 6.92 Å². The van der Waals surface area contributed by atoms with E-state index < -0.39 is 0 Å². The van der Waals surface area contributed by atoms with Gasteiger partial charge in [0.1, 0.15) is 12.6 Å². The first-order valence-electron chi connectivity index (χ1n) is 8.41. The highest BCUT2D eigenvalue weighted by Crippen LogP contribution is 2.05. The lowest BCUT2D eigenvalue weighted by molar-refractivity contribution is -0.108. The van der Waals surface area contributed by atoms with Crippen molar-refractivity contribution in [3.63, 3.8) is 0 Å². The number of hydrogen-bond donors (Lipinski definition) is 0. The highest BCUT2D eigenvalue weighted by atomic mass is 16.1. The van der Waals surface area contributed by atoms with Gasteiger partial charge in [-0.25, -0.2) is 0 Å². The van der Waals surface area contributed by atoms with Crippen LogP contribution in [-0.2, 0) is 9.59 Å². The zero-order chi connectivity index (χ0) is 17.1. The Balaban J connectivity index is 0.